The molecular formula is C21H24N4O2. The summed E-state index contributed by atoms with van der Waals surface area (Å²) in [4.78, 5) is 17.5. The fraction of sp³-hybridized carbons (Fsp3) is 0.381. The Morgan fingerprint density at radius 2 is 2.00 bits per heavy atom. The minimum Gasteiger partial charge on any atom is -0.497 e. The van der Waals surface area contributed by atoms with Crippen molar-refractivity contribution in [3.8, 4) is 5.75 Å². The van der Waals surface area contributed by atoms with Crippen LogP contribution in [0.3, 0.4) is 0 Å². The Kier molecular flexibility index (Phi) is 4.79. The van der Waals surface area contributed by atoms with Crippen molar-refractivity contribution in [2.45, 2.75) is 45.2 Å². The van der Waals surface area contributed by atoms with E-state index in [0.717, 1.165) is 40.9 Å². The summed E-state index contributed by atoms with van der Waals surface area (Å²) in [6.07, 6.45) is 6.50. The van der Waals surface area contributed by atoms with E-state index in [2.05, 4.69) is 15.4 Å². The fourth-order valence-electron chi connectivity index (χ4n) is 3.77. The standard InChI is InChI=1S/C21H24N4O2/c1-14-11-18(21(26)22-12-15-7-9-17(27-2)10-8-15)19-13-23-25(20(19)24-14)16-5-3-4-6-16/h7-11,13,16H,3-6,12H2,1-2H3,(H,22,26). The second-order valence-corrected chi connectivity index (χ2v) is 7.11. The van der Waals surface area contributed by atoms with Crippen LogP contribution in [0.25, 0.3) is 11.0 Å². The molecule has 1 aliphatic carbocycles. The van der Waals surface area contributed by atoms with Gasteiger partial charge in [-0.25, -0.2) is 9.67 Å². The van der Waals surface area contributed by atoms with Crippen molar-refractivity contribution in [3.05, 3.63) is 53.3 Å². The third-order valence-electron chi connectivity index (χ3n) is 5.22. The summed E-state index contributed by atoms with van der Waals surface area (Å²) in [6.45, 7) is 2.38. The highest BCUT2D eigenvalue weighted by Crippen LogP contribution is 2.32. The highest BCUT2D eigenvalue weighted by atomic mass is 16.5. The summed E-state index contributed by atoms with van der Waals surface area (Å²) in [5, 5.41) is 8.38. The average Bonchev–Trinajstić information content (AvgIpc) is 3.35. The molecule has 0 radical (unpaired) electrons. The lowest BCUT2D eigenvalue weighted by Crippen LogP contribution is -2.23. The first kappa shape index (κ1) is 17.5. The first-order chi connectivity index (χ1) is 13.2. The highest BCUT2D eigenvalue weighted by Gasteiger charge is 2.22. The lowest BCUT2D eigenvalue weighted by molar-refractivity contribution is 0.0952. The SMILES string of the molecule is COc1ccc(CNC(=O)c2cc(C)nc3c2cnn3C2CCCC2)cc1. The topological polar surface area (TPSA) is 69.0 Å². The van der Waals surface area contributed by atoms with Crippen LogP contribution in [0.2, 0.25) is 0 Å². The highest BCUT2D eigenvalue weighted by molar-refractivity contribution is 6.05. The Morgan fingerprint density at radius 3 is 2.70 bits per heavy atom. The van der Waals surface area contributed by atoms with E-state index < -0.39 is 0 Å². The Bertz CT molecular complexity index is 956. The van der Waals surface area contributed by atoms with Gasteiger partial charge < -0.3 is 10.1 Å². The summed E-state index contributed by atoms with van der Waals surface area (Å²) >= 11 is 0. The fourth-order valence-corrected chi connectivity index (χ4v) is 3.77. The summed E-state index contributed by atoms with van der Waals surface area (Å²) in [5.74, 6) is 0.697. The van der Waals surface area contributed by atoms with E-state index in [0.29, 0.717) is 18.2 Å². The van der Waals surface area contributed by atoms with Gasteiger partial charge in [0.1, 0.15) is 5.75 Å². The molecule has 0 unspecified atom stereocenters. The molecule has 3 aromatic rings. The number of carbonyl (C=O) groups is 1. The van der Waals surface area contributed by atoms with Gasteiger partial charge in [-0.15, -0.1) is 0 Å². The molecule has 0 atom stereocenters. The van der Waals surface area contributed by atoms with Crippen LogP contribution >= 0.6 is 0 Å². The van der Waals surface area contributed by atoms with Gasteiger partial charge in [-0.3, -0.25) is 4.79 Å². The molecule has 0 aliphatic heterocycles. The van der Waals surface area contributed by atoms with E-state index >= 15 is 0 Å². The third-order valence-corrected chi connectivity index (χ3v) is 5.22. The van der Waals surface area contributed by atoms with Gasteiger partial charge in [0.05, 0.1) is 30.3 Å². The number of aryl methyl sites for hydroxylation is 1. The van der Waals surface area contributed by atoms with E-state index in [-0.39, 0.29) is 5.91 Å². The van der Waals surface area contributed by atoms with E-state index in [1.807, 2.05) is 41.9 Å². The van der Waals surface area contributed by atoms with Gasteiger partial charge in [0.15, 0.2) is 5.65 Å². The predicted octanol–water partition coefficient (Wildman–Crippen LogP) is 3.79. The van der Waals surface area contributed by atoms with Crippen LogP contribution in [0.1, 0.15) is 53.3 Å². The molecule has 1 aromatic carbocycles. The van der Waals surface area contributed by atoms with Gasteiger partial charge >= 0.3 is 0 Å². The number of fused-ring (bicyclic) bond motifs is 1. The van der Waals surface area contributed by atoms with Crippen LogP contribution in [0.15, 0.2) is 36.5 Å². The second kappa shape index (κ2) is 7.39. The zero-order chi connectivity index (χ0) is 18.8. The van der Waals surface area contributed by atoms with Crippen LogP contribution in [-0.4, -0.2) is 27.8 Å². The first-order valence-corrected chi connectivity index (χ1v) is 9.41. The normalized spacial score (nSPS) is 14.6. The van der Waals surface area contributed by atoms with Gasteiger partial charge in [0, 0.05) is 12.2 Å². The summed E-state index contributed by atoms with van der Waals surface area (Å²) in [5.41, 5.74) is 3.30. The van der Waals surface area contributed by atoms with Crippen molar-refractivity contribution in [3.63, 3.8) is 0 Å². The number of rotatable bonds is 5. The van der Waals surface area contributed by atoms with E-state index in [1.165, 1.54) is 12.8 Å². The molecule has 140 valence electrons. The molecule has 0 spiro atoms. The second-order valence-electron chi connectivity index (χ2n) is 7.11. The molecule has 27 heavy (non-hydrogen) atoms. The Labute approximate surface area is 158 Å². The minimum absolute atomic E-state index is 0.104. The number of hydrogen-bond donors (Lipinski definition) is 1. The predicted molar refractivity (Wildman–Crippen MR) is 104 cm³/mol. The number of nitrogens with one attached hydrogen (secondary N) is 1. The average molecular weight is 364 g/mol. The Balaban J connectivity index is 1.57. The molecule has 2 heterocycles. The van der Waals surface area contributed by atoms with Crippen LogP contribution < -0.4 is 10.1 Å². The van der Waals surface area contributed by atoms with Gasteiger partial charge in [0.25, 0.3) is 5.91 Å². The number of ether oxygens (including phenoxy) is 1. The van der Waals surface area contributed by atoms with Crippen molar-refractivity contribution in [2.24, 2.45) is 0 Å². The molecule has 1 aliphatic rings. The molecule has 0 saturated heterocycles. The summed E-state index contributed by atoms with van der Waals surface area (Å²) in [6, 6.07) is 9.91. The van der Waals surface area contributed by atoms with Crippen LogP contribution in [0.5, 0.6) is 5.75 Å². The van der Waals surface area contributed by atoms with Crippen molar-refractivity contribution in [1.82, 2.24) is 20.1 Å². The number of benzene rings is 1. The van der Waals surface area contributed by atoms with Gasteiger partial charge in [-0.2, -0.15) is 5.10 Å². The largest absolute Gasteiger partial charge is 0.497 e. The lowest BCUT2D eigenvalue weighted by Gasteiger charge is -2.12. The molecular weight excluding hydrogens is 340 g/mol. The molecule has 4 rings (SSSR count). The molecule has 0 bridgehead atoms. The number of hydrogen-bond acceptors (Lipinski definition) is 4. The number of nitrogens with zero attached hydrogens (tertiary/aromatic N) is 3. The van der Waals surface area contributed by atoms with Crippen LogP contribution in [-0.2, 0) is 6.54 Å². The first-order valence-electron chi connectivity index (χ1n) is 9.41. The smallest absolute Gasteiger partial charge is 0.252 e. The summed E-state index contributed by atoms with van der Waals surface area (Å²) < 4.78 is 7.18. The maximum absolute atomic E-state index is 12.8. The van der Waals surface area contributed by atoms with Crippen molar-refractivity contribution in [2.75, 3.05) is 7.11 Å². The van der Waals surface area contributed by atoms with E-state index in [1.54, 1.807) is 13.3 Å². The number of amides is 1. The molecule has 6 nitrogen and oxygen atoms in total. The quantitative estimate of drug-likeness (QED) is 0.748. The number of aromatic nitrogens is 3. The zero-order valence-electron chi connectivity index (χ0n) is 15.7. The van der Waals surface area contributed by atoms with Crippen LogP contribution in [0.4, 0.5) is 0 Å². The van der Waals surface area contributed by atoms with Crippen molar-refractivity contribution < 1.29 is 9.53 Å². The van der Waals surface area contributed by atoms with Gasteiger partial charge in [0.2, 0.25) is 0 Å². The Morgan fingerprint density at radius 1 is 1.26 bits per heavy atom. The molecule has 2 aromatic heterocycles. The lowest BCUT2D eigenvalue weighted by atomic mass is 10.1. The van der Waals surface area contributed by atoms with Crippen LogP contribution in [0, 0.1) is 6.92 Å². The molecule has 1 saturated carbocycles. The van der Waals surface area contributed by atoms with Crippen molar-refractivity contribution >= 4 is 16.9 Å². The van der Waals surface area contributed by atoms with Crippen molar-refractivity contribution in [1.29, 1.82) is 0 Å². The zero-order valence-corrected chi connectivity index (χ0v) is 15.7. The third kappa shape index (κ3) is 3.52. The minimum atomic E-state index is -0.104. The molecule has 1 fully saturated rings. The molecule has 6 heteroatoms. The number of carbonyl (C=O) groups excluding carboxylic acids is 1. The van der Waals surface area contributed by atoms with Gasteiger partial charge in [-0.1, -0.05) is 25.0 Å². The molecule has 1 amide bonds. The van der Waals surface area contributed by atoms with E-state index in [9.17, 15) is 4.79 Å². The summed E-state index contributed by atoms with van der Waals surface area (Å²) in [7, 11) is 1.64. The maximum Gasteiger partial charge on any atom is 0.252 e. The van der Waals surface area contributed by atoms with E-state index in [4.69, 9.17) is 4.74 Å². The molecule has 1 N–H and O–H groups in total. The maximum atomic E-state index is 12.8. The Hall–Kier alpha value is -2.89. The number of pyridine rings is 1. The monoisotopic (exact) mass is 364 g/mol. The van der Waals surface area contributed by atoms with Gasteiger partial charge in [-0.05, 0) is 43.5 Å². The number of methoxy groups -OCH3 is 1.